The van der Waals surface area contributed by atoms with Crippen molar-refractivity contribution in [3.63, 3.8) is 0 Å². The minimum Gasteiger partial charge on any atom is -0.339 e. The molecule has 0 spiro atoms. The largest absolute Gasteiger partial charge is 0.339 e. The van der Waals surface area contributed by atoms with E-state index >= 15 is 0 Å². The average molecular weight is 473 g/mol. The molecule has 0 unspecified atom stereocenters. The van der Waals surface area contributed by atoms with Crippen LogP contribution in [0.2, 0.25) is 0 Å². The van der Waals surface area contributed by atoms with Gasteiger partial charge in [-0.2, -0.15) is 5.10 Å². The molecule has 182 valence electrons. The monoisotopic (exact) mass is 472 g/mol. The molecule has 8 heteroatoms. The first-order valence-corrected chi connectivity index (χ1v) is 12.3. The van der Waals surface area contributed by atoms with E-state index < -0.39 is 0 Å². The number of aryl methyl sites for hydroxylation is 3. The van der Waals surface area contributed by atoms with Crippen LogP contribution in [0.1, 0.15) is 25.8 Å². The Balaban J connectivity index is 1.61. The Kier molecular flexibility index (Phi) is 6.06. The van der Waals surface area contributed by atoms with E-state index in [9.17, 15) is 9.59 Å². The molecule has 1 aliphatic heterocycles. The van der Waals surface area contributed by atoms with Crippen molar-refractivity contribution < 1.29 is 4.79 Å². The first-order valence-electron chi connectivity index (χ1n) is 12.3. The summed E-state index contributed by atoms with van der Waals surface area (Å²) in [7, 11) is 0. The zero-order valence-corrected chi connectivity index (χ0v) is 20.6. The van der Waals surface area contributed by atoms with Crippen LogP contribution < -0.4 is 11.4 Å². The van der Waals surface area contributed by atoms with E-state index in [1.807, 2.05) is 49.2 Å². The third kappa shape index (κ3) is 4.18. The lowest BCUT2D eigenvalue weighted by atomic mass is 10.0. The maximum absolute atomic E-state index is 12.9. The Labute approximate surface area is 204 Å². The fourth-order valence-corrected chi connectivity index (χ4v) is 5.07. The quantitative estimate of drug-likeness (QED) is 0.466. The lowest BCUT2D eigenvalue weighted by molar-refractivity contribution is -0.131. The molecule has 1 aliphatic rings. The van der Waals surface area contributed by atoms with Gasteiger partial charge in [-0.3, -0.25) is 18.6 Å². The number of rotatable bonds is 6. The Hall–Kier alpha value is -3.65. The number of benzene rings is 2. The Morgan fingerprint density at radius 2 is 1.83 bits per heavy atom. The second kappa shape index (κ2) is 9.19. The maximum atomic E-state index is 12.9. The van der Waals surface area contributed by atoms with Crippen LogP contribution in [0.5, 0.6) is 0 Å². The van der Waals surface area contributed by atoms with Crippen molar-refractivity contribution in [3.8, 4) is 22.4 Å². The number of amides is 1. The lowest BCUT2D eigenvalue weighted by Gasteiger charge is -2.15. The van der Waals surface area contributed by atoms with Crippen molar-refractivity contribution >= 4 is 16.9 Å². The molecular formula is C27H32N6O2. The summed E-state index contributed by atoms with van der Waals surface area (Å²) in [6.07, 6.45) is 2.78. The number of carbonyl (C=O) groups is 1. The SMILES string of the molecule is CCn1c(=O)n(CC)c2cc(-c3cn(CC(=O)N4CC[C@H](N)C4)nc3-c3cccc(C)c3)ccc21. The normalized spacial score (nSPS) is 15.9. The van der Waals surface area contributed by atoms with Crippen molar-refractivity contribution in [3.05, 3.63) is 64.7 Å². The summed E-state index contributed by atoms with van der Waals surface area (Å²) in [4.78, 5) is 27.6. The second-order valence-electron chi connectivity index (χ2n) is 9.32. The molecule has 0 radical (unpaired) electrons. The van der Waals surface area contributed by atoms with Crippen molar-refractivity contribution in [1.29, 1.82) is 0 Å². The zero-order chi connectivity index (χ0) is 24.7. The fraction of sp³-hybridized carbons (Fsp3) is 0.370. The number of imidazole rings is 1. The number of nitrogens with zero attached hydrogens (tertiary/aromatic N) is 5. The number of aromatic nitrogens is 4. The lowest BCUT2D eigenvalue weighted by Crippen LogP contribution is -2.34. The molecule has 5 rings (SSSR count). The highest BCUT2D eigenvalue weighted by Crippen LogP contribution is 2.33. The number of carbonyl (C=O) groups excluding carboxylic acids is 1. The molecule has 2 N–H and O–H groups in total. The van der Waals surface area contributed by atoms with Crippen molar-refractivity contribution in [2.24, 2.45) is 5.73 Å². The van der Waals surface area contributed by atoms with Gasteiger partial charge in [-0.1, -0.05) is 29.8 Å². The molecule has 8 nitrogen and oxygen atoms in total. The van der Waals surface area contributed by atoms with Gasteiger partial charge in [0, 0.05) is 49.5 Å². The predicted octanol–water partition coefficient (Wildman–Crippen LogP) is 3.24. The molecule has 0 saturated carbocycles. The van der Waals surface area contributed by atoms with Crippen LogP contribution >= 0.6 is 0 Å². The smallest absolute Gasteiger partial charge is 0.329 e. The standard InChI is InChI=1S/C27H32N6O2/c1-4-32-23-10-9-19(14-24(23)33(5-2)27(32)35)22-16-31(17-25(34)30-12-11-21(28)15-30)29-26(22)20-8-6-7-18(3)13-20/h6-10,13-14,16,21H,4-5,11-12,15,17,28H2,1-3H3/t21-/m0/s1. The summed E-state index contributed by atoms with van der Waals surface area (Å²) in [5.74, 6) is 0.0260. The molecule has 0 aliphatic carbocycles. The first kappa shape index (κ1) is 23.1. The van der Waals surface area contributed by atoms with E-state index in [0.29, 0.717) is 26.2 Å². The van der Waals surface area contributed by atoms with Gasteiger partial charge < -0.3 is 10.6 Å². The number of likely N-dealkylation sites (tertiary alicyclic amines) is 1. The van der Waals surface area contributed by atoms with E-state index in [1.54, 1.807) is 13.8 Å². The van der Waals surface area contributed by atoms with Crippen LogP contribution in [0.4, 0.5) is 0 Å². The van der Waals surface area contributed by atoms with Gasteiger partial charge in [-0.25, -0.2) is 4.79 Å². The third-order valence-corrected chi connectivity index (χ3v) is 6.89. The van der Waals surface area contributed by atoms with Gasteiger partial charge in [0.2, 0.25) is 5.91 Å². The average Bonchev–Trinajstić information content (AvgIpc) is 3.53. The van der Waals surface area contributed by atoms with Gasteiger partial charge >= 0.3 is 5.69 Å². The van der Waals surface area contributed by atoms with E-state index in [4.69, 9.17) is 10.8 Å². The first-order chi connectivity index (χ1) is 16.9. The highest BCUT2D eigenvalue weighted by atomic mass is 16.2. The molecule has 1 amide bonds. The minimum atomic E-state index is 0.00571. The van der Waals surface area contributed by atoms with E-state index in [0.717, 1.165) is 45.4 Å². The van der Waals surface area contributed by atoms with Crippen molar-refractivity contribution in [2.45, 2.75) is 52.9 Å². The Morgan fingerprint density at radius 3 is 2.51 bits per heavy atom. The molecular weight excluding hydrogens is 440 g/mol. The van der Waals surface area contributed by atoms with Crippen LogP contribution in [0.25, 0.3) is 33.4 Å². The topological polar surface area (TPSA) is 91.1 Å². The maximum Gasteiger partial charge on any atom is 0.329 e. The van der Waals surface area contributed by atoms with Crippen LogP contribution in [0, 0.1) is 6.92 Å². The van der Waals surface area contributed by atoms with E-state index in [-0.39, 0.29) is 24.2 Å². The van der Waals surface area contributed by atoms with Crippen LogP contribution in [0.15, 0.2) is 53.5 Å². The van der Waals surface area contributed by atoms with Crippen molar-refractivity contribution in [1.82, 2.24) is 23.8 Å². The number of hydrogen-bond acceptors (Lipinski definition) is 4. The van der Waals surface area contributed by atoms with E-state index in [1.165, 1.54) is 0 Å². The summed E-state index contributed by atoms with van der Waals surface area (Å²) in [5.41, 5.74) is 12.7. The second-order valence-corrected chi connectivity index (χ2v) is 9.32. The fourth-order valence-electron chi connectivity index (χ4n) is 5.07. The van der Waals surface area contributed by atoms with Gasteiger partial charge in [0.25, 0.3) is 0 Å². The van der Waals surface area contributed by atoms with Gasteiger partial charge in [0.15, 0.2) is 0 Å². The molecule has 1 atom stereocenters. The molecule has 4 aromatic rings. The number of fused-ring (bicyclic) bond motifs is 1. The number of hydrogen-bond donors (Lipinski definition) is 1. The molecule has 0 bridgehead atoms. The minimum absolute atomic E-state index is 0.00571. The highest BCUT2D eigenvalue weighted by molar-refractivity contribution is 5.88. The van der Waals surface area contributed by atoms with Gasteiger partial charge in [0.05, 0.1) is 11.0 Å². The predicted molar refractivity (Wildman–Crippen MR) is 138 cm³/mol. The van der Waals surface area contributed by atoms with E-state index in [2.05, 4.69) is 25.1 Å². The Morgan fingerprint density at radius 1 is 1.06 bits per heavy atom. The summed E-state index contributed by atoms with van der Waals surface area (Å²) >= 11 is 0. The third-order valence-electron chi connectivity index (χ3n) is 6.89. The van der Waals surface area contributed by atoms with Crippen LogP contribution in [-0.4, -0.2) is 48.9 Å². The molecule has 2 aromatic carbocycles. The molecule has 3 heterocycles. The molecule has 1 saturated heterocycles. The van der Waals surface area contributed by atoms with Crippen molar-refractivity contribution in [2.75, 3.05) is 13.1 Å². The molecule has 2 aromatic heterocycles. The van der Waals surface area contributed by atoms with Gasteiger partial charge in [-0.15, -0.1) is 0 Å². The number of nitrogens with two attached hydrogens (primary N) is 1. The van der Waals surface area contributed by atoms with Crippen LogP contribution in [-0.2, 0) is 24.4 Å². The van der Waals surface area contributed by atoms with Gasteiger partial charge in [-0.05, 0) is 51.0 Å². The highest BCUT2D eigenvalue weighted by Gasteiger charge is 2.25. The Bertz CT molecular complexity index is 1460. The van der Waals surface area contributed by atoms with Crippen LogP contribution in [0.3, 0.4) is 0 Å². The zero-order valence-electron chi connectivity index (χ0n) is 20.6. The molecule has 1 fully saturated rings. The molecule has 35 heavy (non-hydrogen) atoms. The summed E-state index contributed by atoms with van der Waals surface area (Å²) < 4.78 is 5.33. The summed E-state index contributed by atoms with van der Waals surface area (Å²) in [6, 6.07) is 14.4. The van der Waals surface area contributed by atoms with Gasteiger partial charge in [0.1, 0.15) is 12.2 Å². The summed E-state index contributed by atoms with van der Waals surface area (Å²) in [6.45, 7) is 8.70. The summed E-state index contributed by atoms with van der Waals surface area (Å²) in [5, 5.41) is 4.85.